The van der Waals surface area contributed by atoms with Crippen molar-refractivity contribution in [2.24, 2.45) is 5.92 Å². The average Bonchev–Trinajstić information content (AvgIpc) is 3.39. The van der Waals surface area contributed by atoms with Gasteiger partial charge in [-0.25, -0.2) is 0 Å². The summed E-state index contributed by atoms with van der Waals surface area (Å²) in [5.74, 6) is 1.27. The van der Waals surface area contributed by atoms with Crippen LogP contribution in [0.4, 0.5) is 0 Å². The highest BCUT2D eigenvalue weighted by molar-refractivity contribution is 7.99. The Bertz CT molecular complexity index is 795. The molecule has 0 bridgehead atoms. The molecule has 0 radical (unpaired) electrons. The van der Waals surface area contributed by atoms with Crippen molar-refractivity contribution < 1.29 is 13.9 Å². The lowest BCUT2D eigenvalue weighted by Crippen LogP contribution is -2.47. The number of rotatable bonds is 7. The van der Waals surface area contributed by atoms with Crippen molar-refractivity contribution >= 4 is 17.7 Å². The topological polar surface area (TPSA) is 101 Å². The molecule has 8 heteroatoms. The Balaban J connectivity index is 1.56. The molecule has 1 aromatic heterocycles. The Labute approximate surface area is 149 Å². The van der Waals surface area contributed by atoms with Crippen LogP contribution in [0.15, 0.2) is 33.9 Å². The number of nitrogens with zero attached hydrogens (tertiary/aromatic N) is 3. The van der Waals surface area contributed by atoms with Crippen LogP contribution >= 0.6 is 11.8 Å². The quantitative estimate of drug-likeness (QED) is 0.759. The van der Waals surface area contributed by atoms with Gasteiger partial charge in [-0.3, -0.25) is 4.79 Å². The lowest BCUT2D eigenvalue weighted by atomic mass is 9.98. The van der Waals surface area contributed by atoms with Crippen molar-refractivity contribution in [2.45, 2.75) is 30.5 Å². The van der Waals surface area contributed by atoms with Crippen molar-refractivity contribution in [3.05, 3.63) is 24.3 Å². The summed E-state index contributed by atoms with van der Waals surface area (Å²) in [5, 5.41) is 20.3. The summed E-state index contributed by atoms with van der Waals surface area (Å²) < 4.78 is 10.7. The van der Waals surface area contributed by atoms with Crippen molar-refractivity contribution in [1.29, 1.82) is 5.26 Å². The van der Waals surface area contributed by atoms with Crippen LogP contribution < -0.4 is 10.1 Å². The molecule has 1 fully saturated rings. The van der Waals surface area contributed by atoms with Gasteiger partial charge in [0, 0.05) is 5.56 Å². The van der Waals surface area contributed by atoms with E-state index in [1.807, 2.05) is 12.1 Å². The van der Waals surface area contributed by atoms with Crippen molar-refractivity contribution in [2.75, 3.05) is 12.9 Å². The first-order chi connectivity index (χ1) is 12.0. The number of amides is 1. The molecule has 1 atom stereocenters. The molecule has 7 nitrogen and oxygen atoms in total. The Morgan fingerprint density at radius 2 is 2.16 bits per heavy atom. The number of nitrogens with one attached hydrogen (secondary N) is 1. The van der Waals surface area contributed by atoms with Gasteiger partial charge in [0.15, 0.2) is 0 Å². The number of hydrogen-bond acceptors (Lipinski definition) is 7. The maximum Gasteiger partial charge on any atom is 0.277 e. The summed E-state index contributed by atoms with van der Waals surface area (Å²) in [6.45, 7) is 1.77. The fraction of sp³-hybridized carbons (Fsp3) is 0.412. The largest absolute Gasteiger partial charge is 0.497 e. The molecule has 0 aliphatic heterocycles. The van der Waals surface area contributed by atoms with Crippen molar-refractivity contribution in [3.8, 4) is 23.3 Å². The van der Waals surface area contributed by atoms with Gasteiger partial charge < -0.3 is 14.5 Å². The van der Waals surface area contributed by atoms with Gasteiger partial charge in [-0.15, -0.1) is 10.2 Å². The molecule has 1 aliphatic carbocycles. The van der Waals surface area contributed by atoms with Crippen molar-refractivity contribution in [1.82, 2.24) is 15.5 Å². The first kappa shape index (κ1) is 17.3. The van der Waals surface area contributed by atoms with E-state index in [0.717, 1.165) is 35.9 Å². The van der Waals surface area contributed by atoms with Gasteiger partial charge in [-0.05, 0) is 49.9 Å². The van der Waals surface area contributed by atoms with E-state index in [9.17, 15) is 10.1 Å². The normalized spacial score (nSPS) is 15.9. The molecule has 1 amide bonds. The molecular formula is C17H18N4O3S. The fourth-order valence-corrected chi connectivity index (χ4v) is 3.02. The monoisotopic (exact) mass is 358 g/mol. The zero-order valence-corrected chi connectivity index (χ0v) is 14.8. The van der Waals surface area contributed by atoms with E-state index in [-0.39, 0.29) is 17.6 Å². The van der Waals surface area contributed by atoms with E-state index < -0.39 is 5.54 Å². The number of benzene rings is 1. The minimum atomic E-state index is -0.791. The van der Waals surface area contributed by atoms with E-state index in [1.54, 1.807) is 26.2 Å². The summed E-state index contributed by atoms with van der Waals surface area (Å²) >= 11 is 1.15. The van der Waals surface area contributed by atoms with E-state index in [4.69, 9.17) is 9.15 Å². The Morgan fingerprint density at radius 3 is 2.76 bits per heavy atom. The zero-order valence-electron chi connectivity index (χ0n) is 14.0. The van der Waals surface area contributed by atoms with Gasteiger partial charge in [0.1, 0.15) is 11.3 Å². The maximum absolute atomic E-state index is 12.1. The second-order valence-electron chi connectivity index (χ2n) is 6.03. The Hall–Kier alpha value is -2.53. The molecule has 3 rings (SSSR count). The highest BCUT2D eigenvalue weighted by atomic mass is 32.2. The summed E-state index contributed by atoms with van der Waals surface area (Å²) in [5.41, 5.74) is -0.0174. The first-order valence-electron chi connectivity index (χ1n) is 7.87. The number of aromatic nitrogens is 2. The lowest BCUT2D eigenvalue weighted by Gasteiger charge is -2.22. The molecular weight excluding hydrogens is 340 g/mol. The average molecular weight is 358 g/mol. The molecule has 130 valence electrons. The van der Waals surface area contributed by atoms with Crippen LogP contribution in [-0.4, -0.2) is 34.5 Å². The number of hydrogen-bond donors (Lipinski definition) is 1. The SMILES string of the molecule is COc1ccc(-c2nnc(SCC(=O)NC(C)(C#N)C3CC3)o2)cc1. The van der Waals surface area contributed by atoms with E-state index in [1.165, 1.54) is 0 Å². The van der Waals surface area contributed by atoms with Crippen LogP contribution in [0, 0.1) is 17.2 Å². The van der Waals surface area contributed by atoms with Crippen LogP contribution in [-0.2, 0) is 4.79 Å². The number of carbonyl (C=O) groups excluding carboxylic acids is 1. The van der Waals surface area contributed by atoms with Crippen LogP contribution in [0.25, 0.3) is 11.5 Å². The minimum absolute atomic E-state index is 0.119. The molecule has 0 spiro atoms. The Morgan fingerprint density at radius 1 is 1.44 bits per heavy atom. The molecule has 0 saturated heterocycles. The van der Waals surface area contributed by atoms with Gasteiger partial charge >= 0.3 is 0 Å². The summed E-state index contributed by atoms with van der Waals surface area (Å²) in [6, 6.07) is 9.46. The molecule has 1 heterocycles. The molecule has 1 aliphatic rings. The van der Waals surface area contributed by atoms with Crippen LogP contribution in [0.2, 0.25) is 0 Å². The lowest BCUT2D eigenvalue weighted by molar-refractivity contribution is -0.119. The summed E-state index contributed by atoms with van der Waals surface area (Å²) in [4.78, 5) is 12.1. The summed E-state index contributed by atoms with van der Waals surface area (Å²) in [6.07, 6.45) is 1.96. The highest BCUT2D eigenvalue weighted by Gasteiger charge is 2.42. The third kappa shape index (κ3) is 4.12. The predicted molar refractivity (Wildman–Crippen MR) is 91.9 cm³/mol. The van der Waals surface area contributed by atoms with E-state index >= 15 is 0 Å². The second kappa shape index (κ2) is 7.15. The summed E-state index contributed by atoms with van der Waals surface area (Å²) in [7, 11) is 1.60. The zero-order chi connectivity index (χ0) is 17.9. The fourth-order valence-electron chi connectivity index (χ4n) is 2.45. The second-order valence-corrected chi connectivity index (χ2v) is 6.95. The smallest absolute Gasteiger partial charge is 0.277 e. The molecule has 2 aromatic rings. The van der Waals surface area contributed by atoms with E-state index in [0.29, 0.717) is 11.1 Å². The minimum Gasteiger partial charge on any atom is -0.497 e. The maximum atomic E-state index is 12.1. The van der Waals surface area contributed by atoms with Gasteiger partial charge in [-0.1, -0.05) is 11.8 Å². The van der Waals surface area contributed by atoms with Gasteiger partial charge in [-0.2, -0.15) is 5.26 Å². The number of ether oxygens (including phenoxy) is 1. The first-order valence-corrected chi connectivity index (χ1v) is 8.85. The van der Waals surface area contributed by atoms with E-state index in [2.05, 4.69) is 21.6 Å². The number of methoxy groups -OCH3 is 1. The van der Waals surface area contributed by atoms with Gasteiger partial charge in [0.05, 0.1) is 18.9 Å². The molecule has 1 N–H and O–H groups in total. The molecule has 1 aromatic carbocycles. The van der Waals surface area contributed by atoms with Crippen LogP contribution in [0.5, 0.6) is 5.75 Å². The van der Waals surface area contributed by atoms with Crippen LogP contribution in [0.3, 0.4) is 0 Å². The molecule has 1 saturated carbocycles. The van der Waals surface area contributed by atoms with Crippen LogP contribution in [0.1, 0.15) is 19.8 Å². The highest BCUT2D eigenvalue weighted by Crippen LogP contribution is 2.39. The standard InChI is InChI=1S/C17H18N4O3S/c1-17(10-18,12-5-6-12)19-14(22)9-25-16-21-20-15(24-16)11-3-7-13(23-2)8-4-11/h3-4,7-8,12H,5-6,9H2,1-2H3,(H,19,22). The number of nitriles is 1. The molecule has 1 unspecified atom stereocenters. The number of carbonyl (C=O) groups is 1. The van der Waals surface area contributed by atoms with Gasteiger partial charge in [0.2, 0.25) is 11.8 Å². The molecule has 25 heavy (non-hydrogen) atoms. The number of thioether (sulfide) groups is 1. The third-order valence-electron chi connectivity index (χ3n) is 4.10. The Kier molecular flexibility index (Phi) is 4.95. The third-order valence-corrected chi connectivity index (χ3v) is 4.91. The predicted octanol–water partition coefficient (Wildman–Crippen LogP) is 2.65. The van der Waals surface area contributed by atoms with Crippen molar-refractivity contribution in [3.63, 3.8) is 0 Å². The van der Waals surface area contributed by atoms with Gasteiger partial charge in [0.25, 0.3) is 5.22 Å².